The van der Waals surface area contributed by atoms with Gasteiger partial charge in [-0.3, -0.25) is 4.79 Å². The molecule has 0 aliphatic rings. The van der Waals surface area contributed by atoms with Crippen LogP contribution in [0.15, 0.2) is 0 Å². The van der Waals surface area contributed by atoms with Crippen LogP contribution in [0.5, 0.6) is 0 Å². The Balaban J connectivity index is 4.33. The molecule has 0 spiro atoms. The summed E-state index contributed by atoms with van der Waals surface area (Å²) in [5.41, 5.74) is 4.88. The molecule has 0 bridgehead atoms. The Bertz CT molecular complexity index is 363. The molecule has 1 amide bonds. The second-order valence-corrected chi connectivity index (χ2v) is 6.87. The highest BCUT2D eigenvalue weighted by molar-refractivity contribution is 7.88. The van der Waals surface area contributed by atoms with Gasteiger partial charge in [0, 0.05) is 24.0 Å². The number of amides is 1. The molecule has 7 heteroatoms. The average molecular weight is 265 g/mol. The zero-order valence-electron chi connectivity index (χ0n) is 11.1. The normalized spacial score (nSPS) is 16.4. The zero-order chi connectivity index (χ0) is 13.9. The third kappa shape index (κ3) is 7.30. The highest BCUT2D eigenvalue weighted by Crippen LogP contribution is 2.04. The van der Waals surface area contributed by atoms with E-state index >= 15 is 0 Å². The maximum Gasteiger partial charge on any atom is 0.224 e. The van der Waals surface area contributed by atoms with Crippen molar-refractivity contribution in [1.29, 1.82) is 0 Å². The van der Waals surface area contributed by atoms with Gasteiger partial charge in [0.25, 0.3) is 0 Å². The van der Waals surface area contributed by atoms with Crippen LogP contribution in [0.4, 0.5) is 0 Å². The van der Waals surface area contributed by atoms with Crippen molar-refractivity contribution in [3.05, 3.63) is 0 Å². The van der Waals surface area contributed by atoms with E-state index in [0.717, 1.165) is 6.26 Å². The summed E-state index contributed by atoms with van der Waals surface area (Å²) in [4.78, 5) is 11.6. The Morgan fingerprint density at radius 3 is 2.18 bits per heavy atom. The molecule has 4 N–H and O–H groups in total. The summed E-state index contributed by atoms with van der Waals surface area (Å²) in [7, 11) is -3.29. The van der Waals surface area contributed by atoms with Crippen LogP contribution in [0.3, 0.4) is 0 Å². The van der Waals surface area contributed by atoms with Gasteiger partial charge in [0.15, 0.2) is 0 Å². The molecule has 0 aliphatic heterocycles. The smallest absolute Gasteiger partial charge is 0.224 e. The van der Waals surface area contributed by atoms with Gasteiger partial charge < -0.3 is 11.1 Å². The van der Waals surface area contributed by atoms with Crippen molar-refractivity contribution in [1.82, 2.24) is 10.0 Å². The molecule has 0 heterocycles. The van der Waals surface area contributed by atoms with E-state index in [1.165, 1.54) is 0 Å². The summed E-state index contributed by atoms with van der Waals surface area (Å²) in [6, 6.07) is -0.235. The number of nitrogens with two attached hydrogens (primary N) is 1. The molecule has 2 atom stereocenters. The second-order valence-electron chi connectivity index (χ2n) is 5.12. The molecule has 102 valence electrons. The predicted octanol–water partition coefficient (Wildman–Crippen LogP) is -0.586. The van der Waals surface area contributed by atoms with E-state index < -0.39 is 15.6 Å². The largest absolute Gasteiger partial charge is 0.354 e. The maximum absolute atomic E-state index is 11.6. The van der Waals surface area contributed by atoms with Crippen LogP contribution in [0.25, 0.3) is 0 Å². The SMILES string of the molecule is CC(N)C(C)C(=O)NCC(C)(C)NS(C)(=O)=O. The molecule has 2 unspecified atom stereocenters. The molecule has 0 saturated heterocycles. The molecule has 6 nitrogen and oxygen atoms in total. The lowest BCUT2D eigenvalue weighted by molar-refractivity contribution is -0.125. The number of rotatable bonds is 6. The fraction of sp³-hybridized carbons (Fsp3) is 0.900. The minimum atomic E-state index is -3.29. The van der Waals surface area contributed by atoms with Crippen LogP contribution in [0.1, 0.15) is 27.7 Å². The quantitative estimate of drug-likeness (QED) is 0.597. The van der Waals surface area contributed by atoms with Crippen LogP contribution in [0.2, 0.25) is 0 Å². The Morgan fingerprint density at radius 1 is 1.35 bits per heavy atom. The van der Waals surface area contributed by atoms with E-state index in [4.69, 9.17) is 5.73 Å². The van der Waals surface area contributed by atoms with Gasteiger partial charge in [-0.1, -0.05) is 6.92 Å². The molecule has 0 aromatic rings. The van der Waals surface area contributed by atoms with E-state index in [1.54, 1.807) is 27.7 Å². The number of carbonyl (C=O) groups excluding carboxylic acids is 1. The van der Waals surface area contributed by atoms with E-state index in [-0.39, 0.29) is 24.4 Å². The fourth-order valence-corrected chi connectivity index (χ4v) is 2.32. The first-order valence-corrected chi connectivity index (χ1v) is 7.36. The first kappa shape index (κ1) is 16.3. The molecule has 0 radical (unpaired) electrons. The monoisotopic (exact) mass is 265 g/mol. The Labute approximate surface area is 103 Å². The van der Waals surface area contributed by atoms with Crippen LogP contribution in [-0.2, 0) is 14.8 Å². The molecule has 0 saturated carbocycles. The summed E-state index contributed by atoms with van der Waals surface area (Å²) < 4.78 is 24.6. The second kappa shape index (κ2) is 5.79. The fourth-order valence-electron chi connectivity index (χ4n) is 1.25. The van der Waals surface area contributed by atoms with Gasteiger partial charge in [-0.25, -0.2) is 13.1 Å². The first-order valence-electron chi connectivity index (χ1n) is 5.47. The van der Waals surface area contributed by atoms with Gasteiger partial charge in [0.1, 0.15) is 0 Å². The topological polar surface area (TPSA) is 101 Å². The van der Waals surface area contributed by atoms with Gasteiger partial charge in [0.2, 0.25) is 15.9 Å². The molecule has 0 aliphatic carbocycles. The number of sulfonamides is 1. The Kier molecular flexibility index (Phi) is 5.57. The van der Waals surface area contributed by atoms with E-state index in [1.807, 2.05) is 0 Å². The first-order chi connectivity index (χ1) is 7.44. The zero-order valence-corrected chi connectivity index (χ0v) is 11.9. The Morgan fingerprint density at radius 2 is 1.82 bits per heavy atom. The number of hydrogen-bond donors (Lipinski definition) is 3. The number of carbonyl (C=O) groups is 1. The lowest BCUT2D eigenvalue weighted by atomic mass is 10.0. The highest BCUT2D eigenvalue weighted by atomic mass is 32.2. The van der Waals surface area contributed by atoms with Crippen molar-refractivity contribution in [3.63, 3.8) is 0 Å². The standard InChI is InChI=1S/C10H23N3O3S/c1-7(8(2)11)9(14)12-6-10(3,4)13-17(5,15)16/h7-8,13H,6,11H2,1-5H3,(H,12,14). The Hall–Kier alpha value is -0.660. The highest BCUT2D eigenvalue weighted by Gasteiger charge is 2.24. The van der Waals surface area contributed by atoms with Crippen LogP contribution < -0.4 is 15.8 Å². The van der Waals surface area contributed by atoms with Gasteiger partial charge in [-0.05, 0) is 20.8 Å². The van der Waals surface area contributed by atoms with Crippen molar-refractivity contribution in [2.24, 2.45) is 11.7 Å². The van der Waals surface area contributed by atoms with Crippen LogP contribution in [-0.4, -0.2) is 38.7 Å². The predicted molar refractivity (Wildman–Crippen MR) is 67.9 cm³/mol. The van der Waals surface area contributed by atoms with Crippen molar-refractivity contribution in [3.8, 4) is 0 Å². The molecular formula is C10H23N3O3S. The lowest BCUT2D eigenvalue weighted by Gasteiger charge is -2.26. The van der Waals surface area contributed by atoms with Crippen molar-refractivity contribution >= 4 is 15.9 Å². The van der Waals surface area contributed by atoms with Crippen molar-refractivity contribution < 1.29 is 13.2 Å². The van der Waals surface area contributed by atoms with Gasteiger partial charge in [0.05, 0.1) is 6.26 Å². The van der Waals surface area contributed by atoms with E-state index in [9.17, 15) is 13.2 Å². The average Bonchev–Trinajstić information content (AvgIpc) is 2.09. The van der Waals surface area contributed by atoms with Crippen molar-refractivity contribution in [2.45, 2.75) is 39.3 Å². The van der Waals surface area contributed by atoms with Crippen LogP contribution >= 0.6 is 0 Å². The molecule has 0 aromatic carbocycles. The minimum absolute atomic E-state index is 0.177. The summed E-state index contributed by atoms with van der Waals surface area (Å²) in [5, 5.41) is 2.68. The summed E-state index contributed by atoms with van der Waals surface area (Å²) in [6.07, 6.45) is 1.08. The van der Waals surface area contributed by atoms with Crippen molar-refractivity contribution in [2.75, 3.05) is 12.8 Å². The minimum Gasteiger partial charge on any atom is -0.354 e. The molecular weight excluding hydrogens is 242 g/mol. The third-order valence-corrected chi connectivity index (χ3v) is 3.29. The third-order valence-electron chi connectivity index (χ3n) is 2.37. The molecule has 0 fully saturated rings. The van der Waals surface area contributed by atoms with E-state index in [0.29, 0.717) is 0 Å². The summed E-state index contributed by atoms with van der Waals surface area (Å²) in [6.45, 7) is 7.10. The van der Waals surface area contributed by atoms with Gasteiger partial charge in [-0.15, -0.1) is 0 Å². The summed E-state index contributed by atoms with van der Waals surface area (Å²) in [5.74, 6) is -0.479. The molecule has 0 aromatic heterocycles. The number of hydrogen-bond acceptors (Lipinski definition) is 4. The maximum atomic E-state index is 11.6. The van der Waals surface area contributed by atoms with Crippen LogP contribution in [0, 0.1) is 5.92 Å². The summed E-state index contributed by atoms with van der Waals surface area (Å²) >= 11 is 0. The lowest BCUT2D eigenvalue weighted by Crippen LogP contribution is -2.52. The molecule has 17 heavy (non-hydrogen) atoms. The molecule has 0 rings (SSSR count). The van der Waals surface area contributed by atoms with Gasteiger partial charge >= 0.3 is 0 Å². The van der Waals surface area contributed by atoms with Gasteiger partial charge in [-0.2, -0.15) is 0 Å². The number of nitrogens with one attached hydrogen (secondary N) is 2. The van der Waals surface area contributed by atoms with E-state index in [2.05, 4.69) is 10.0 Å².